The van der Waals surface area contributed by atoms with E-state index in [2.05, 4.69) is 17.2 Å². The maximum Gasteiger partial charge on any atom is 0.407 e. The van der Waals surface area contributed by atoms with Gasteiger partial charge in [0.05, 0.1) is 10.7 Å². The molecule has 1 aromatic rings. The van der Waals surface area contributed by atoms with E-state index in [1.807, 2.05) is 32.6 Å². The molecule has 0 atom stereocenters. The third-order valence-electron chi connectivity index (χ3n) is 3.99. The van der Waals surface area contributed by atoms with Gasteiger partial charge in [-0.15, -0.1) is 11.3 Å². The molecule has 1 N–H and O–H groups in total. The number of nitrogens with one attached hydrogen (secondary N) is 1. The van der Waals surface area contributed by atoms with Gasteiger partial charge in [0.15, 0.2) is 0 Å². The Morgan fingerprint density at radius 1 is 1.32 bits per heavy atom. The summed E-state index contributed by atoms with van der Waals surface area (Å²) in [6.45, 7) is 10.9. The van der Waals surface area contributed by atoms with E-state index in [-0.39, 0.29) is 18.0 Å². The van der Waals surface area contributed by atoms with Crippen molar-refractivity contribution in [2.45, 2.75) is 71.9 Å². The second kappa shape index (κ2) is 8.17. The molecule has 0 bridgehead atoms. The van der Waals surface area contributed by atoms with Crippen LogP contribution in [0.25, 0.3) is 0 Å². The second-order valence-electron chi connectivity index (χ2n) is 7.47. The van der Waals surface area contributed by atoms with Crippen molar-refractivity contribution in [3.8, 4) is 0 Å². The Hall–Kier alpha value is -1.63. The Balaban J connectivity index is 1.89. The summed E-state index contributed by atoms with van der Waals surface area (Å²) in [5, 5.41) is 3.84. The molecule has 1 saturated heterocycles. The summed E-state index contributed by atoms with van der Waals surface area (Å²) in [5.41, 5.74) is 0.421. The average Bonchev–Trinajstić information content (AvgIpc) is 2.86. The molecule has 0 spiro atoms. The summed E-state index contributed by atoms with van der Waals surface area (Å²) in [5.74, 6) is 0.0739. The van der Waals surface area contributed by atoms with E-state index >= 15 is 0 Å². The van der Waals surface area contributed by atoms with Crippen LogP contribution in [0.5, 0.6) is 0 Å². The van der Waals surface area contributed by atoms with Crippen LogP contribution in [0.3, 0.4) is 0 Å². The van der Waals surface area contributed by atoms with Gasteiger partial charge < -0.3 is 15.0 Å². The molecule has 1 aliphatic rings. The molecule has 0 unspecified atom stereocenters. The lowest BCUT2D eigenvalue weighted by Crippen LogP contribution is -2.47. The molecule has 2 amide bonds. The third-order valence-corrected chi connectivity index (χ3v) is 4.99. The van der Waals surface area contributed by atoms with E-state index in [1.54, 1.807) is 0 Å². The molecule has 1 aliphatic heterocycles. The molecule has 0 saturated carbocycles. The van der Waals surface area contributed by atoms with Gasteiger partial charge in [-0.3, -0.25) is 4.79 Å². The van der Waals surface area contributed by atoms with Crippen molar-refractivity contribution >= 4 is 23.3 Å². The van der Waals surface area contributed by atoms with E-state index in [0.717, 1.165) is 41.3 Å². The van der Waals surface area contributed by atoms with Gasteiger partial charge in [0, 0.05) is 19.1 Å². The Morgan fingerprint density at radius 2 is 1.96 bits per heavy atom. The van der Waals surface area contributed by atoms with Crippen LogP contribution < -0.4 is 5.32 Å². The lowest BCUT2D eigenvalue weighted by molar-refractivity contribution is 0.0474. The number of rotatable bonds is 4. The molecule has 0 aliphatic carbocycles. The predicted octanol–water partition coefficient (Wildman–Crippen LogP) is 3.53. The van der Waals surface area contributed by atoms with Gasteiger partial charge in [-0.2, -0.15) is 0 Å². The Kier molecular flexibility index (Phi) is 6.43. The van der Waals surface area contributed by atoms with Crippen LogP contribution in [0.1, 0.15) is 67.3 Å². The number of alkyl carbamates (subject to hydrolysis) is 1. The highest BCUT2D eigenvalue weighted by atomic mass is 32.1. The van der Waals surface area contributed by atoms with Crippen LogP contribution >= 0.6 is 11.3 Å². The third kappa shape index (κ3) is 5.70. The molecule has 1 aromatic heterocycles. The molecular formula is C18H29N3O3S. The predicted molar refractivity (Wildman–Crippen MR) is 99.1 cm³/mol. The molecule has 7 heteroatoms. The van der Waals surface area contributed by atoms with Crippen molar-refractivity contribution < 1.29 is 14.3 Å². The SMILES string of the molecule is CCCc1nc(C)sc1C(=O)N1CCC(NC(=O)OC(C)(C)C)CC1. The maximum absolute atomic E-state index is 12.8. The lowest BCUT2D eigenvalue weighted by atomic mass is 10.0. The number of thiazole rings is 1. The van der Waals surface area contributed by atoms with Crippen LogP contribution in [0, 0.1) is 6.92 Å². The van der Waals surface area contributed by atoms with E-state index < -0.39 is 5.60 Å². The van der Waals surface area contributed by atoms with E-state index in [1.165, 1.54) is 11.3 Å². The zero-order chi connectivity index (χ0) is 18.6. The van der Waals surface area contributed by atoms with E-state index in [0.29, 0.717) is 13.1 Å². The minimum atomic E-state index is -0.500. The fourth-order valence-corrected chi connectivity index (χ4v) is 3.82. The second-order valence-corrected chi connectivity index (χ2v) is 8.67. The van der Waals surface area contributed by atoms with Gasteiger partial charge in [0.25, 0.3) is 5.91 Å². The minimum Gasteiger partial charge on any atom is -0.444 e. The zero-order valence-corrected chi connectivity index (χ0v) is 16.7. The summed E-state index contributed by atoms with van der Waals surface area (Å²) in [6.07, 6.45) is 2.91. The van der Waals surface area contributed by atoms with E-state index in [9.17, 15) is 9.59 Å². The van der Waals surface area contributed by atoms with Gasteiger partial charge in [-0.1, -0.05) is 13.3 Å². The number of ether oxygens (including phenoxy) is 1. The first-order valence-electron chi connectivity index (χ1n) is 8.94. The molecule has 6 nitrogen and oxygen atoms in total. The molecule has 140 valence electrons. The van der Waals surface area contributed by atoms with Crippen molar-refractivity contribution in [1.29, 1.82) is 0 Å². The van der Waals surface area contributed by atoms with E-state index in [4.69, 9.17) is 4.74 Å². The number of amides is 2. The largest absolute Gasteiger partial charge is 0.444 e. The number of aromatic nitrogens is 1. The quantitative estimate of drug-likeness (QED) is 0.884. The molecule has 0 aromatic carbocycles. The summed E-state index contributed by atoms with van der Waals surface area (Å²) < 4.78 is 5.29. The topological polar surface area (TPSA) is 71.5 Å². The van der Waals surface area contributed by atoms with Gasteiger partial charge in [0.2, 0.25) is 0 Å². The standard InChI is InChI=1S/C18H29N3O3S/c1-6-7-14-15(25-12(2)19-14)16(22)21-10-8-13(9-11-21)20-17(23)24-18(3,4)5/h13H,6-11H2,1-5H3,(H,20,23). The number of likely N-dealkylation sites (tertiary alicyclic amines) is 1. The Bertz CT molecular complexity index is 614. The summed E-state index contributed by atoms with van der Waals surface area (Å²) in [4.78, 5) is 31.8. The fraction of sp³-hybridized carbons (Fsp3) is 0.722. The number of hydrogen-bond donors (Lipinski definition) is 1. The Labute approximate surface area is 154 Å². The van der Waals surface area contributed by atoms with Crippen LogP contribution in [0.4, 0.5) is 4.79 Å². The number of aryl methyl sites for hydroxylation is 2. The number of piperidine rings is 1. The van der Waals surface area contributed by atoms with Crippen LogP contribution in [0.15, 0.2) is 0 Å². The lowest BCUT2D eigenvalue weighted by Gasteiger charge is -2.32. The van der Waals surface area contributed by atoms with Crippen LogP contribution in [-0.4, -0.2) is 46.6 Å². The summed E-state index contributed by atoms with van der Waals surface area (Å²) in [6, 6.07) is 0.0530. The number of carbonyl (C=O) groups excluding carboxylic acids is 2. The monoisotopic (exact) mass is 367 g/mol. The molecular weight excluding hydrogens is 338 g/mol. The number of nitrogens with zero attached hydrogens (tertiary/aromatic N) is 2. The molecule has 2 rings (SSSR count). The molecule has 25 heavy (non-hydrogen) atoms. The fourth-order valence-electron chi connectivity index (χ4n) is 2.89. The van der Waals surface area contributed by atoms with Crippen molar-refractivity contribution in [3.05, 3.63) is 15.6 Å². The zero-order valence-electron chi connectivity index (χ0n) is 15.8. The molecule has 1 fully saturated rings. The normalized spacial score (nSPS) is 16.0. The first kappa shape index (κ1) is 19.7. The van der Waals surface area contributed by atoms with Crippen molar-refractivity contribution in [2.24, 2.45) is 0 Å². The van der Waals surface area contributed by atoms with Gasteiger partial charge >= 0.3 is 6.09 Å². The van der Waals surface area contributed by atoms with Gasteiger partial charge in [-0.25, -0.2) is 9.78 Å². The minimum absolute atomic E-state index is 0.0530. The first-order chi connectivity index (χ1) is 11.7. The highest BCUT2D eigenvalue weighted by Gasteiger charge is 2.28. The van der Waals surface area contributed by atoms with Crippen molar-refractivity contribution in [1.82, 2.24) is 15.2 Å². The average molecular weight is 368 g/mol. The van der Waals surface area contributed by atoms with Gasteiger partial charge in [0.1, 0.15) is 10.5 Å². The molecule has 2 heterocycles. The van der Waals surface area contributed by atoms with Gasteiger partial charge in [-0.05, 0) is 47.0 Å². The number of hydrogen-bond acceptors (Lipinski definition) is 5. The van der Waals surface area contributed by atoms with Crippen molar-refractivity contribution in [3.63, 3.8) is 0 Å². The van der Waals surface area contributed by atoms with Crippen LogP contribution in [-0.2, 0) is 11.2 Å². The van der Waals surface area contributed by atoms with Crippen LogP contribution in [0.2, 0.25) is 0 Å². The Morgan fingerprint density at radius 3 is 2.52 bits per heavy atom. The summed E-state index contributed by atoms with van der Waals surface area (Å²) in [7, 11) is 0. The highest BCUT2D eigenvalue weighted by molar-refractivity contribution is 7.13. The summed E-state index contributed by atoms with van der Waals surface area (Å²) >= 11 is 1.48. The number of carbonyl (C=O) groups is 2. The maximum atomic E-state index is 12.8. The smallest absolute Gasteiger partial charge is 0.407 e. The van der Waals surface area contributed by atoms with Crippen molar-refractivity contribution in [2.75, 3.05) is 13.1 Å². The molecule has 0 radical (unpaired) electrons. The highest BCUT2D eigenvalue weighted by Crippen LogP contribution is 2.23. The first-order valence-corrected chi connectivity index (χ1v) is 9.76.